The van der Waals surface area contributed by atoms with Crippen LogP contribution in [0.2, 0.25) is 0 Å². The Balaban J connectivity index is 1.47. The first-order valence-electron chi connectivity index (χ1n) is 8.73. The predicted molar refractivity (Wildman–Crippen MR) is 89.9 cm³/mol. The lowest BCUT2D eigenvalue weighted by Gasteiger charge is -2.33. The van der Waals surface area contributed by atoms with Gasteiger partial charge in [-0.15, -0.1) is 0 Å². The van der Waals surface area contributed by atoms with E-state index in [-0.39, 0.29) is 24.3 Å². The van der Waals surface area contributed by atoms with E-state index in [1.807, 2.05) is 4.90 Å². The molecule has 124 valence electrons. The molecule has 1 heterocycles. The second-order valence-corrected chi connectivity index (χ2v) is 7.03. The Bertz CT molecular complexity index is 563. The minimum absolute atomic E-state index is 0.0477. The third-order valence-corrected chi connectivity index (χ3v) is 4.88. The van der Waals surface area contributed by atoms with Crippen molar-refractivity contribution < 1.29 is 9.59 Å². The van der Waals surface area contributed by atoms with Gasteiger partial charge >= 0.3 is 0 Å². The summed E-state index contributed by atoms with van der Waals surface area (Å²) in [7, 11) is 0. The Morgan fingerprint density at radius 1 is 1.17 bits per heavy atom. The van der Waals surface area contributed by atoms with Crippen LogP contribution >= 0.6 is 0 Å². The second-order valence-electron chi connectivity index (χ2n) is 7.03. The van der Waals surface area contributed by atoms with Gasteiger partial charge in [-0.1, -0.05) is 29.8 Å². The number of carbonyl (C=O) groups excluding carboxylic acids is 2. The maximum absolute atomic E-state index is 12.3. The highest BCUT2D eigenvalue weighted by Crippen LogP contribution is 2.28. The number of amides is 2. The first-order valence-corrected chi connectivity index (χ1v) is 8.73. The summed E-state index contributed by atoms with van der Waals surface area (Å²) < 4.78 is 0. The molecule has 0 aromatic heterocycles. The van der Waals surface area contributed by atoms with Gasteiger partial charge in [-0.25, -0.2) is 0 Å². The van der Waals surface area contributed by atoms with Crippen molar-refractivity contribution in [1.82, 2.24) is 10.2 Å². The van der Waals surface area contributed by atoms with Crippen LogP contribution in [0.15, 0.2) is 24.3 Å². The fourth-order valence-corrected chi connectivity index (χ4v) is 3.28. The number of nitrogens with one attached hydrogen (secondary N) is 1. The number of rotatable bonds is 5. The number of nitrogens with zero attached hydrogens (tertiary/aromatic N) is 1. The highest BCUT2D eigenvalue weighted by Gasteiger charge is 2.30. The van der Waals surface area contributed by atoms with Crippen molar-refractivity contribution in [3.63, 3.8) is 0 Å². The van der Waals surface area contributed by atoms with Crippen molar-refractivity contribution in [2.75, 3.05) is 19.6 Å². The van der Waals surface area contributed by atoms with Crippen molar-refractivity contribution in [2.45, 2.75) is 39.0 Å². The smallest absolute Gasteiger partial charge is 0.241 e. The van der Waals surface area contributed by atoms with E-state index in [1.165, 1.54) is 17.5 Å². The Labute approximate surface area is 138 Å². The molecule has 1 aliphatic carbocycles. The number of likely N-dealkylation sites (tertiary alicyclic amines) is 1. The van der Waals surface area contributed by atoms with Gasteiger partial charge in [0.2, 0.25) is 11.8 Å². The number of piperidine rings is 1. The SMILES string of the molecule is Cc1ccc(C[C@H]2CCCN(C(=O)CNC(=O)C3CC3)C2)cc1. The van der Waals surface area contributed by atoms with Crippen molar-refractivity contribution in [2.24, 2.45) is 11.8 Å². The zero-order chi connectivity index (χ0) is 16.2. The summed E-state index contributed by atoms with van der Waals surface area (Å²) in [6, 6.07) is 8.67. The summed E-state index contributed by atoms with van der Waals surface area (Å²) in [5, 5.41) is 2.78. The minimum atomic E-state index is 0.0477. The van der Waals surface area contributed by atoms with Gasteiger partial charge < -0.3 is 10.2 Å². The molecule has 4 nitrogen and oxygen atoms in total. The van der Waals surface area contributed by atoms with Crippen molar-refractivity contribution in [3.8, 4) is 0 Å². The fourth-order valence-electron chi connectivity index (χ4n) is 3.28. The first kappa shape index (κ1) is 16.0. The molecule has 2 amide bonds. The maximum atomic E-state index is 12.3. The monoisotopic (exact) mass is 314 g/mol. The summed E-state index contributed by atoms with van der Waals surface area (Å²) >= 11 is 0. The Morgan fingerprint density at radius 3 is 2.61 bits per heavy atom. The molecule has 1 aliphatic heterocycles. The molecule has 23 heavy (non-hydrogen) atoms. The Kier molecular flexibility index (Phi) is 4.99. The minimum Gasteiger partial charge on any atom is -0.347 e. The molecule has 0 radical (unpaired) electrons. The van der Waals surface area contributed by atoms with Gasteiger partial charge in [0.15, 0.2) is 0 Å². The Morgan fingerprint density at radius 2 is 1.91 bits per heavy atom. The molecule has 3 rings (SSSR count). The highest BCUT2D eigenvalue weighted by molar-refractivity contribution is 5.86. The lowest BCUT2D eigenvalue weighted by atomic mass is 9.91. The predicted octanol–water partition coefficient (Wildman–Crippen LogP) is 2.30. The second kappa shape index (κ2) is 7.16. The van der Waals surface area contributed by atoms with Gasteiger partial charge in [0.05, 0.1) is 6.54 Å². The van der Waals surface area contributed by atoms with E-state index >= 15 is 0 Å². The van der Waals surface area contributed by atoms with Crippen LogP contribution in [-0.4, -0.2) is 36.3 Å². The summed E-state index contributed by atoms with van der Waals surface area (Å²) in [6.45, 7) is 3.89. The van der Waals surface area contributed by atoms with Gasteiger partial charge in [0, 0.05) is 19.0 Å². The van der Waals surface area contributed by atoms with Gasteiger partial charge in [-0.3, -0.25) is 9.59 Å². The quantitative estimate of drug-likeness (QED) is 0.906. The van der Waals surface area contributed by atoms with E-state index in [2.05, 4.69) is 36.5 Å². The number of hydrogen-bond donors (Lipinski definition) is 1. The van der Waals surface area contributed by atoms with E-state index in [4.69, 9.17) is 0 Å². The van der Waals surface area contributed by atoms with Gasteiger partial charge in [-0.2, -0.15) is 0 Å². The molecule has 1 aromatic rings. The largest absolute Gasteiger partial charge is 0.347 e. The summed E-state index contributed by atoms with van der Waals surface area (Å²) in [5.74, 6) is 0.798. The van der Waals surface area contributed by atoms with Crippen LogP contribution < -0.4 is 5.32 Å². The molecular weight excluding hydrogens is 288 g/mol. The molecule has 4 heteroatoms. The van der Waals surface area contributed by atoms with Crippen LogP contribution in [0.5, 0.6) is 0 Å². The number of aryl methyl sites for hydroxylation is 1. The van der Waals surface area contributed by atoms with Crippen LogP contribution in [0.1, 0.15) is 36.8 Å². The topological polar surface area (TPSA) is 49.4 Å². The maximum Gasteiger partial charge on any atom is 0.241 e. The van der Waals surface area contributed by atoms with Crippen LogP contribution in [0.4, 0.5) is 0 Å². The normalized spacial score (nSPS) is 21.1. The zero-order valence-corrected chi connectivity index (χ0v) is 13.9. The van der Waals surface area contributed by atoms with E-state index in [0.29, 0.717) is 5.92 Å². The average Bonchev–Trinajstić information content (AvgIpc) is 3.40. The standard InChI is InChI=1S/C19H26N2O2/c1-14-4-6-15(7-5-14)11-16-3-2-10-21(13-16)18(22)12-20-19(23)17-8-9-17/h4-7,16-17H,2-3,8-13H2,1H3,(H,20,23)/t16-/m1/s1. The summed E-state index contributed by atoms with van der Waals surface area (Å²) in [6.07, 6.45) is 5.20. The fraction of sp³-hybridized carbons (Fsp3) is 0.579. The zero-order valence-electron chi connectivity index (χ0n) is 13.9. The number of benzene rings is 1. The van der Waals surface area contributed by atoms with Crippen LogP contribution in [0, 0.1) is 18.8 Å². The van der Waals surface area contributed by atoms with Gasteiger partial charge in [-0.05, 0) is 50.5 Å². The lowest BCUT2D eigenvalue weighted by molar-refractivity contribution is -0.134. The van der Waals surface area contributed by atoms with E-state index < -0.39 is 0 Å². The molecule has 2 aliphatic rings. The third-order valence-electron chi connectivity index (χ3n) is 4.88. The number of hydrogen-bond acceptors (Lipinski definition) is 2. The molecular formula is C19H26N2O2. The average molecular weight is 314 g/mol. The number of carbonyl (C=O) groups is 2. The molecule has 1 atom stereocenters. The third kappa shape index (κ3) is 4.57. The Hall–Kier alpha value is -1.84. The van der Waals surface area contributed by atoms with E-state index in [0.717, 1.165) is 38.8 Å². The van der Waals surface area contributed by atoms with Crippen molar-refractivity contribution in [1.29, 1.82) is 0 Å². The molecule has 2 fully saturated rings. The van der Waals surface area contributed by atoms with E-state index in [1.54, 1.807) is 0 Å². The van der Waals surface area contributed by atoms with Crippen molar-refractivity contribution >= 4 is 11.8 Å². The molecule has 1 saturated carbocycles. The molecule has 0 bridgehead atoms. The van der Waals surface area contributed by atoms with Crippen LogP contribution in [0.25, 0.3) is 0 Å². The van der Waals surface area contributed by atoms with Gasteiger partial charge in [0.1, 0.15) is 0 Å². The molecule has 0 unspecified atom stereocenters. The van der Waals surface area contributed by atoms with Crippen molar-refractivity contribution in [3.05, 3.63) is 35.4 Å². The lowest BCUT2D eigenvalue weighted by Crippen LogP contribution is -2.45. The molecule has 1 N–H and O–H groups in total. The van der Waals surface area contributed by atoms with Crippen LogP contribution in [-0.2, 0) is 16.0 Å². The molecule has 0 spiro atoms. The summed E-state index contributed by atoms with van der Waals surface area (Å²) in [5.41, 5.74) is 2.62. The molecule has 1 saturated heterocycles. The van der Waals surface area contributed by atoms with Gasteiger partial charge in [0.25, 0.3) is 0 Å². The van der Waals surface area contributed by atoms with Crippen LogP contribution in [0.3, 0.4) is 0 Å². The highest BCUT2D eigenvalue weighted by atomic mass is 16.2. The summed E-state index contributed by atoms with van der Waals surface area (Å²) in [4.78, 5) is 25.9. The van der Waals surface area contributed by atoms with E-state index in [9.17, 15) is 9.59 Å². The molecule has 1 aromatic carbocycles. The first-order chi connectivity index (χ1) is 11.1.